The molecule has 0 saturated heterocycles. The minimum Gasteiger partial charge on any atom is -0.496 e. The molecule has 0 fully saturated rings. The van der Waals surface area contributed by atoms with Crippen molar-refractivity contribution in [3.8, 4) is 5.75 Å². The summed E-state index contributed by atoms with van der Waals surface area (Å²) in [6.45, 7) is 2.38. The van der Waals surface area contributed by atoms with Crippen LogP contribution < -0.4 is 10.1 Å². The Bertz CT molecular complexity index is 631. The molecule has 0 bridgehead atoms. The molecule has 2 aromatic rings. The van der Waals surface area contributed by atoms with Gasteiger partial charge in [-0.25, -0.2) is 0 Å². The standard InChI is InChI=1S/C17H18ClNO2S/c1-12(22-16-6-4-3-5-15(16)21-2)17(20)19-11-13-7-9-14(18)10-8-13/h3-10,12H,11H2,1-2H3,(H,19,20). The van der Waals surface area contributed by atoms with Crippen molar-refractivity contribution in [2.45, 2.75) is 23.6 Å². The highest BCUT2D eigenvalue weighted by Gasteiger charge is 2.16. The van der Waals surface area contributed by atoms with E-state index in [9.17, 15) is 4.79 Å². The molecule has 2 rings (SSSR count). The van der Waals surface area contributed by atoms with E-state index in [1.807, 2.05) is 55.5 Å². The van der Waals surface area contributed by atoms with Crippen molar-refractivity contribution >= 4 is 29.3 Å². The summed E-state index contributed by atoms with van der Waals surface area (Å²) in [6, 6.07) is 15.1. The number of rotatable bonds is 6. The fraction of sp³-hybridized carbons (Fsp3) is 0.235. The fourth-order valence-corrected chi connectivity index (χ4v) is 3.02. The van der Waals surface area contributed by atoms with Gasteiger partial charge in [-0.2, -0.15) is 0 Å². The maximum absolute atomic E-state index is 12.2. The van der Waals surface area contributed by atoms with E-state index in [0.717, 1.165) is 16.2 Å². The molecule has 0 aliphatic carbocycles. The van der Waals surface area contributed by atoms with Crippen LogP contribution in [-0.4, -0.2) is 18.3 Å². The Balaban J connectivity index is 1.90. The number of carbonyl (C=O) groups is 1. The van der Waals surface area contributed by atoms with Gasteiger partial charge in [0.15, 0.2) is 0 Å². The summed E-state index contributed by atoms with van der Waals surface area (Å²) in [4.78, 5) is 13.1. The molecule has 0 spiro atoms. The van der Waals surface area contributed by atoms with Crippen molar-refractivity contribution in [2.24, 2.45) is 0 Å². The lowest BCUT2D eigenvalue weighted by atomic mass is 10.2. The van der Waals surface area contributed by atoms with Crippen molar-refractivity contribution in [2.75, 3.05) is 7.11 Å². The molecular formula is C17H18ClNO2S. The molecule has 1 unspecified atom stereocenters. The van der Waals surface area contributed by atoms with Crippen molar-refractivity contribution in [1.29, 1.82) is 0 Å². The first-order chi connectivity index (χ1) is 10.6. The van der Waals surface area contributed by atoms with Gasteiger partial charge in [0.25, 0.3) is 0 Å². The average Bonchev–Trinajstić information content (AvgIpc) is 2.54. The number of para-hydroxylation sites is 1. The normalized spacial score (nSPS) is 11.8. The number of thioether (sulfide) groups is 1. The molecule has 1 atom stereocenters. The lowest BCUT2D eigenvalue weighted by Crippen LogP contribution is -2.30. The molecule has 3 nitrogen and oxygen atoms in total. The number of methoxy groups -OCH3 is 1. The Morgan fingerprint density at radius 3 is 2.59 bits per heavy atom. The van der Waals surface area contributed by atoms with Gasteiger partial charge >= 0.3 is 0 Å². The molecule has 0 aliphatic heterocycles. The molecule has 0 aromatic heterocycles. The Hall–Kier alpha value is -1.65. The van der Waals surface area contributed by atoms with Crippen LogP contribution in [0.2, 0.25) is 5.02 Å². The summed E-state index contributed by atoms with van der Waals surface area (Å²) < 4.78 is 5.30. The van der Waals surface area contributed by atoms with E-state index < -0.39 is 0 Å². The second kappa shape index (κ2) is 8.11. The van der Waals surface area contributed by atoms with Crippen LogP contribution in [0.15, 0.2) is 53.4 Å². The lowest BCUT2D eigenvalue weighted by molar-refractivity contribution is -0.120. The van der Waals surface area contributed by atoms with Gasteiger partial charge in [0.05, 0.1) is 17.3 Å². The Kier molecular flexibility index (Phi) is 6.16. The zero-order valence-corrected chi connectivity index (χ0v) is 14.1. The monoisotopic (exact) mass is 335 g/mol. The van der Waals surface area contributed by atoms with E-state index in [2.05, 4.69) is 5.32 Å². The van der Waals surface area contributed by atoms with Crippen molar-refractivity contribution in [1.82, 2.24) is 5.32 Å². The van der Waals surface area contributed by atoms with Crippen LogP contribution >= 0.6 is 23.4 Å². The Morgan fingerprint density at radius 2 is 1.91 bits per heavy atom. The minimum absolute atomic E-state index is 0.00847. The number of carbonyl (C=O) groups excluding carboxylic acids is 1. The van der Waals surface area contributed by atoms with Crippen LogP contribution in [0.1, 0.15) is 12.5 Å². The van der Waals surface area contributed by atoms with Gasteiger partial charge in [-0.3, -0.25) is 4.79 Å². The minimum atomic E-state index is -0.205. The molecule has 0 saturated carbocycles. The van der Waals surface area contributed by atoms with Crippen molar-refractivity contribution in [3.63, 3.8) is 0 Å². The van der Waals surface area contributed by atoms with Crippen LogP contribution in [0.5, 0.6) is 5.75 Å². The van der Waals surface area contributed by atoms with Crippen LogP contribution in [0.4, 0.5) is 0 Å². The van der Waals surface area contributed by atoms with Crippen LogP contribution in [0, 0.1) is 0 Å². The highest BCUT2D eigenvalue weighted by atomic mass is 35.5. The van der Waals surface area contributed by atoms with E-state index in [-0.39, 0.29) is 11.2 Å². The molecule has 0 aliphatic rings. The number of amides is 1. The van der Waals surface area contributed by atoms with E-state index >= 15 is 0 Å². The first kappa shape index (κ1) is 16.7. The largest absolute Gasteiger partial charge is 0.496 e. The van der Waals surface area contributed by atoms with Gasteiger partial charge in [0, 0.05) is 11.6 Å². The predicted molar refractivity (Wildman–Crippen MR) is 91.6 cm³/mol. The number of ether oxygens (including phenoxy) is 1. The smallest absolute Gasteiger partial charge is 0.233 e. The molecule has 116 valence electrons. The van der Waals surface area contributed by atoms with Gasteiger partial charge in [-0.05, 0) is 36.8 Å². The summed E-state index contributed by atoms with van der Waals surface area (Å²) in [6.07, 6.45) is 0. The third-order valence-corrected chi connectivity index (χ3v) is 4.53. The molecule has 0 radical (unpaired) electrons. The maximum Gasteiger partial charge on any atom is 0.233 e. The Labute approximate surface area is 140 Å². The first-order valence-electron chi connectivity index (χ1n) is 6.92. The second-order valence-electron chi connectivity index (χ2n) is 4.76. The molecular weight excluding hydrogens is 318 g/mol. The van der Waals surface area contributed by atoms with E-state index in [0.29, 0.717) is 11.6 Å². The average molecular weight is 336 g/mol. The Morgan fingerprint density at radius 1 is 1.23 bits per heavy atom. The number of hydrogen-bond donors (Lipinski definition) is 1. The summed E-state index contributed by atoms with van der Waals surface area (Å²) in [5.74, 6) is 0.774. The third kappa shape index (κ3) is 4.68. The second-order valence-corrected chi connectivity index (χ2v) is 6.57. The zero-order valence-electron chi connectivity index (χ0n) is 12.5. The summed E-state index contributed by atoms with van der Waals surface area (Å²) in [5, 5.41) is 3.42. The van der Waals surface area contributed by atoms with Crippen LogP contribution in [0.3, 0.4) is 0 Å². The molecule has 2 aromatic carbocycles. The molecule has 22 heavy (non-hydrogen) atoms. The van der Waals surface area contributed by atoms with E-state index in [4.69, 9.17) is 16.3 Å². The highest BCUT2D eigenvalue weighted by Crippen LogP contribution is 2.31. The van der Waals surface area contributed by atoms with Crippen LogP contribution in [0.25, 0.3) is 0 Å². The van der Waals surface area contributed by atoms with E-state index in [1.165, 1.54) is 11.8 Å². The molecule has 1 N–H and O–H groups in total. The van der Waals surface area contributed by atoms with Gasteiger partial charge < -0.3 is 10.1 Å². The van der Waals surface area contributed by atoms with Gasteiger partial charge in [-0.1, -0.05) is 35.9 Å². The van der Waals surface area contributed by atoms with Gasteiger partial charge in [-0.15, -0.1) is 11.8 Å². The first-order valence-corrected chi connectivity index (χ1v) is 8.17. The van der Waals surface area contributed by atoms with Crippen molar-refractivity contribution < 1.29 is 9.53 Å². The van der Waals surface area contributed by atoms with Crippen LogP contribution in [-0.2, 0) is 11.3 Å². The molecule has 1 amide bonds. The highest BCUT2D eigenvalue weighted by molar-refractivity contribution is 8.00. The molecule has 5 heteroatoms. The van der Waals surface area contributed by atoms with Gasteiger partial charge in [0.1, 0.15) is 5.75 Å². The number of nitrogens with one attached hydrogen (secondary N) is 1. The quantitative estimate of drug-likeness (QED) is 0.806. The lowest BCUT2D eigenvalue weighted by Gasteiger charge is -2.14. The molecule has 0 heterocycles. The predicted octanol–water partition coefficient (Wildman–Crippen LogP) is 4.15. The number of benzene rings is 2. The number of hydrogen-bond acceptors (Lipinski definition) is 3. The fourth-order valence-electron chi connectivity index (χ4n) is 1.90. The topological polar surface area (TPSA) is 38.3 Å². The maximum atomic E-state index is 12.2. The summed E-state index contributed by atoms with van der Waals surface area (Å²) >= 11 is 7.32. The summed E-state index contributed by atoms with van der Waals surface area (Å²) in [7, 11) is 1.63. The van der Waals surface area contributed by atoms with Gasteiger partial charge in [0.2, 0.25) is 5.91 Å². The summed E-state index contributed by atoms with van der Waals surface area (Å²) in [5.41, 5.74) is 1.02. The van der Waals surface area contributed by atoms with E-state index in [1.54, 1.807) is 7.11 Å². The third-order valence-electron chi connectivity index (χ3n) is 3.12. The number of halogens is 1. The van der Waals surface area contributed by atoms with Crippen molar-refractivity contribution in [3.05, 3.63) is 59.1 Å². The zero-order chi connectivity index (χ0) is 15.9. The SMILES string of the molecule is COc1ccccc1SC(C)C(=O)NCc1ccc(Cl)cc1.